The Balaban J connectivity index is 1.57. The third kappa shape index (κ3) is 5.17. The number of ether oxygens (including phenoxy) is 1. The van der Waals surface area contributed by atoms with Gasteiger partial charge in [0, 0.05) is 11.3 Å². The van der Waals surface area contributed by atoms with Crippen molar-refractivity contribution in [3.63, 3.8) is 0 Å². The average Bonchev–Trinajstić information content (AvgIpc) is 3.21. The highest BCUT2D eigenvalue weighted by Crippen LogP contribution is 2.28. The van der Waals surface area contributed by atoms with E-state index in [0.717, 1.165) is 42.1 Å². The van der Waals surface area contributed by atoms with Gasteiger partial charge in [0.25, 0.3) is 0 Å². The summed E-state index contributed by atoms with van der Waals surface area (Å²) in [6, 6.07) is 17.4. The smallest absolute Gasteiger partial charge is 0.196 e. The molecule has 0 radical (unpaired) electrons. The lowest BCUT2D eigenvalue weighted by Crippen LogP contribution is -2.30. The summed E-state index contributed by atoms with van der Waals surface area (Å²) < 4.78 is 7.29. The lowest BCUT2D eigenvalue weighted by molar-refractivity contribution is 0.0994. The highest BCUT2D eigenvalue weighted by atomic mass is 32.2. The predicted molar refractivity (Wildman–Crippen MR) is 123 cm³/mol. The number of benzene rings is 2. The van der Waals surface area contributed by atoms with Gasteiger partial charge in [0.2, 0.25) is 0 Å². The number of ketones is 1. The Morgan fingerprint density at radius 1 is 1.03 bits per heavy atom. The molecular formula is C24H28N4O2S. The Bertz CT molecular complexity index is 998. The zero-order valence-electron chi connectivity index (χ0n) is 18.0. The fraction of sp³-hybridized carbons (Fsp3) is 0.375. The molecule has 0 amide bonds. The number of carbonyl (C=O) groups excluding carboxylic acids is 1. The van der Waals surface area contributed by atoms with Crippen molar-refractivity contribution in [3.8, 4) is 11.4 Å². The zero-order chi connectivity index (χ0) is 21.6. The molecule has 7 heteroatoms. The topological polar surface area (TPSA) is 60.2 Å². The molecule has 4 rings (SSSR count). The van der Waals surface area contributed by atoms with Crippen molar-refractivity contribution in [2.24, 2.45) is 0 Å². The van der Waals surface area contributed by atoms with E-state index in [1.54, 1.807) is 7.11 Å². The molecule has 1 unspecified atom stereocenters. The molecule has 2 heterocycles. The number of nitrogens with zero attached hydrogens (tertiary/aromatic N) is 4. The Hall–Kier alpha value is -2.64. The second-order valence-electron chi connectivity index (χ2n) is 7.76. The van der Waals surface area contributed by atoms with Crippen LogP contribution in [0.2, 0.25) is 0 Å². The van der Waals surface area contributed by atoms with Gasteiger partial charge in [0.05, 0.1) is 18.9 Å². The van der Waals surface area contributed by atoms with Gasteiger partial charge in [0.1, 0.15) is 5.75 Å². The quantitative estimate of drug-likeness (QED) is 0.379. The molecule has 1 fully saturated rings. The number of hydrogen-bond donors (Lipinski definition) is 0. The van der Waals surface area contributed by atoms with Gasteiger partial charge >= 0.3 is 0 Å². The Morgan fingerprint density at radius 2 is 1.74 bits per heavy atom. The first-order valence-corrected chi connectivity index (χ1v) is 11.6. The average molecular weight is 437 g/mol. The number of rotatable bonds is 8. The minimum atomic E-state index is -0.289. The lowest BCUT2D eigenvalue weighted by Gasteiger charge is -2.26. The number of carbonyl (C=O) groups is 1. The first-order chi connectivity index (χ1) is 15.2. The molecule has 3 aromatic rings. The van der Waals surface area contributed by atoms with E-state index < -0.39 is 0 Å². The standard InChI is InChI=1S/C24H28N4O2S/c1-18(23(29)19-11-13-21(30-2)14-12-19)31-24-26-25-22(17-27-15-7-4-8-16-27)28(24)20-9-5-3-6-10-20/h3,5-6,9-14,18H,4,7-8,15-17H2,1-2H3. The van der Waals surface area contributed by atoms with Crippen molar-refractivity contribution in [2.75, 3.05) is 20.2 Å². The van der Waals surface area contributed by atoms with Gasteiger partial charge in [-0.15, -0.1) is 10.2 Å². The summed E-state index contributed by atoms with van der Waals surface area (Å²) in [4.78, 5) is 15.4. The van der Waals surface area contributed by atoms with E-state index in [-0.39, 0.29) is 11.0 Å². The van der Waals surface area contributed by atoms with Gasteiger partial charge in [-0.2, -0.15) is 0 Å². The highest BCUT2D eigenvalue weighted by Gasteiger charge is 2.23. The first kappa shape index (κ1) is 21.6. The number of hydrogen-bond acceptors (Lipinski definition) is 6. The summed E-state index contributed by atoms with van der Waals surface area (Å²) in [5.74, 6) is 1.72. The monoisotopic (exact) mass is 436 g/mol. The molecule has 1 saturated heterocycles. The van der Waals surface area contributed by atoms with Crippen molar-refractivity contribution in [1.82, 2.24) is 19.7 Å². The van der Waals surface area contributed by atoms with Crippen LogP contribution in [0.25, 0.3) is 5.69 Å². The Morgan fingerprint density at radius 3 is 2.42 bits per heavy atom. The number of aromatic nitrogens is 3. The molecule has 0 N–H and O–H groups in total. The summed E-state index contributed by atoms with van der Waals surface area (Å²) in [7, 11) is 1.62. The van der Waals surface area contributed by atoms with Gasteiger partial charge in [-0.1, -0.05) is 36.4 Å². The van der Waals surface area contributed by atoms with E-state index >= 15 is 0 Å². The van der Waals surface area contributed by atoms with Gasteiger partial charge in [-0.25, -0.2) is 0 Å². The third-order valence-corrected chi connectivity index (χ3v) is 6.60. The van der Waals surface area contributed by atoms with E-state index in [1.165, 1.54) is 31.0 Å². The normalized spacial score (nSPS) is 15.5. The number of methoxy groups -OCH3 is 1. The van der Waals surface area contributed by atoms with Crippen LogP contribution in [-0.2, 0) is 6.54 Å². The van der Waals surface area contributed by atoms with E-state index in [0.29, 0.717) is 5.56 Å². The van der Waals surface area contributed by atoms with Crippen molar-refractivity contribution in [1.29, 1.82) is 0 Å². The summed E-state index contributed by atoms with van der Waals surface area (Å²) in [6.07, 6.45) is 3.76. The third-order valence-electron chi connectivity index (χ3n) is 5.55. The molecule has 0 saturated carbocycles. The van der Waals surface area contributed by atoms with Crippen LogP contribution in [0.4, 0.5) is 0 Å². The first-order valence-electron chi connectivity index (χ1n) is 10.7. The molecule has 31 heavy (non-hydrogen) atoms. The molecule has 1 aliphatic heterocycles. The summed E-state index contributed by atoms with van der Waals surface area (Å²) in [5, 5.41) is 9.45. The van der Waals surface area contributed by atoms with E-state index in [1.807, 2.05) is 49.4 Å². The molecule has 6 nitrogen and oxygen atoms in total. The van der Waals surface area contributed by atoms with Gasteiger partial charge in [-0.3, -0.25) is 14.3 Å². The Labute approximate surface area is 187 Å². The van der Waals surface area contributed by atoms with Crippen LogP contribution in [-0.4, -0.2) is 50.9 Å². The van der Waals surface area contributed by atoms with Crippen molar-refractivity contribution in [2.45, 2.75) is 43.1 Å². The molecule has 1 aromatic heterocycles. The number of para-hydroxylation sites is 1. The zero-order valence-corrected chi connectivity index (χ0v) is 18.8. The van der Waals surface area contributed by atoms with Crippen molar-refractivity contribution in [3.05, 3.63) is 66.0 Å². The fourth-order valence-corrected chi connectivity index (χ4v) is 4.80. The van der Waals surface area contributed by atoms with Crippen LogP contribution >= 0.6 is 11.8 Å². The second-order valence-corrected chi connectivity index (χ2v) is 9.07. The molecule has 1 aliphatic rings. The molecule has 1 atom stereocenters. The minimum absolute atomic E-state index is 0.0628. The van der Waals surface area contributed by atoms with Gasteiger partial charge in [-0.05, 0) is 69.3 Å². The van der Waals surface area contributed by atoms with Gasteiger partial charge in [0.15, 0.2) is 16.8 Å². The van der Waals surface area contributed by atoms with Crippen LogP contribution in [0.5, 0.6) is 5.75 Å². The van der Waals surface area contributed by atoms with Gasteiger partial charge < -0.3 is 4.74 Å². The molecule has 2 aromatic carbocycles. The second kappa shape index (κ2) is 10.1. The molecule has 0 aliphatic carbocycles. The maximum atomic E-state index is 13.0. The van der Waals surface area contributed by atoms with Crippen LogP contribution < -0.4 is 4.74 Å². The Kier molecular flexibility index (Phi) is 7.04. The number of likely N-dealkylation sites (tertiary alicyclic amines) is 1. The lowest BCUT2D eigenvalue weighted by atomic mass is 10.1. The fourth-order valence-electron chi connectivity index (χ4n) is 3.83. The van der Waals surface area contributed by atoms with Crippen LogP contribution in [0, 0.1) is 0 Å². The number of piperidine rings is 1. The summed E-state index contributed by atoms with van der Waals surface area (Å²) in [6.45, 7) is 4.88. The van der Waals surface area contributed by atoms with Crippen LogP contribution in [0.1, 0.15) is 42.4 Å². The predicted octanol–water partition coefficient (Wildman–Crippen LogP) is 4.63. The number of Topliss-reactive ketones (excluding diaryl/α,β-unsaturated/α-hetero) is 1. The molecule has 162 valence electrons. The molecule has 0 bridgehead atoms. The maximum absolute atomic E-state index is 13.0. The maximum Gasteiger partial charge on any atom is 0.196 e. The summed E-state index contributed by atoms with van der Waals surface area (Å²) >= 11 is 1.45. The number of thioether (sulfide) groups is 1. The largest absolute Gasteiger partial charge is 0.497 e. The molecule has 0 spiro atoms. The highest BCUT2D eigenvalue weighted by molar-refractivity contribution is 8.00. The van der Waals surface area contributed by atoms with Crippen molar-refractivity contribution >= 4 is 17.5 Å². The van der Waals surface area contributed by atoms with E-state index in [2.05, 4.69) is 31.8 Å². The van der Waals surface area contributed by atoms with Crippen molar-refractivity contribution < 1.29 is 9.53 Å². The summed E-state index contributed by atoms with van der Waals surface area (Å²) in [5.41, 5.74) is 1.69. The SMILES string of the molecule is COc1ccc(C(=O)C(C)Sc2nnc(CN3CCCCC3)n2-c2ccccc2)cc1. The van der Waals surface area contributed by atoms with Crippen LogP contribution in [0.3, 0.4) is 0 Å². The van der Waals surface area contributed by atoms with Crippen LogP contribution in [0.15, 0.2) is 59.8 Å². The molecular weight excluding hydrogens is 408 g/mol. The van der Waals surface area contributed by atoms with E-state index in [4.69, 9.17) is 4.74 Å². The minimum Gasteiger partial charge on any atom is -0.497 e. The van der Waals surface area contributed by atoms with E-state index in [9.17, 15) is 4.79 Å².